The Labute approximate surface area is 88.1 Å². The van der Waals surface area contributed by atoms with Crippen molar-refractivity contribution in [2.45, 2.75) is 25.3 Å². The Morgan fingerprint density at radius 3 is 2.87 bits per heavy atom. The fourth-order valence-electron chi connectivity index (χ4n) is 1.76. The summed E-state index contributed by atoms with van der Waals surface area (Å²) in [6, 6.07) is -0.306. The minimum Gasteiger partial charge on any atom is -0.481 e. The van der Waals surface area contributed by atoms with E-state index in [4.69, 9.17) is 9.84 Å². The van der Waals surface area contributed by atoms with E-state index < -0.39 is 18.0 Å². The summed E-state index contributed by atoms with van der Waals surface area (Å²) in [7, 11) is 0. The van der Waals surface area contributed by atoms with E-state index in [1.54, 1.807) is 0 Å². The minimum absolute atomic E-state index is 0.135. The molecule has 0 bridgehead atoms. The third-order valence-electron chi connectivity index (χ3n) is 2.47. The first kappa shape index (κ1) is 11.6. The molecular weight excluding hydrogens is 198 g/mol. The van der Waals surface area contributed by atoms with Crippen LogP contribution in [0.4, 0.5) is 4.79 Å². The van der Waals surface area contributed by atoms with Gasteiger partial charge in [-0.3, -0.25) is 4.79 Å². The van der Waals surface area contributed by atoms with Crippen LogP contribution in [0.15, 0.2) is 12.7 Å². The number of alkyl carbamates (subject to hydrolysis) is 1. The summed E-state index contributed by atoms with van der Waals surface area (Å²) in [5, 5.41) is 11.4. The van der Waals surface area contributed by atoms with Gasteiger partial charge in [-0.05, 0) is 12.8 Å². The topological polar surface area (TPSA) is 75.6 Å². The van der Waals surface area contributed by atoms with Gasteiger partial charge in [-0.25, -0.2) is 4.79 Å². The predicted molar refractivity (Wildman–Crippen MR) is 53.4 cm³/mol. The number of carbonyl (C=O) groups excluding carboxylic acids is 1. The lowest BCUT2D eigenvalue weighted by atomic mass is 10.0. The van der Waals surface area contributed by atoms with Gasteiger partial charge in [-0.15, -0.1) is 0 Å². The maximum absolute atomic E-state index is 11.2. The molecule has 2 N–H and O–H groups in total. The number of hydrogen-bond donors (Lipinski definition) is 2. The Balaban J connectivity index is 2.39. The zero-order valence-corrected chi connectivity index (χ0v) is 8.44. The highest BCUT2D eigenvalue weighted by molar-refractivity contribution is 5.74. The molecule has 0 heterocycles. The van der Waals surface area contributed by atoms with E-state index in [9.17, 15) is 9.59 Å². The second-order valence-corrected chi connectivity index (χ2v) is 3.51. The molecule has 0 aromatic heterocycles. The van der Waals surface area contributed by atoms with Crippen LogP contribution in [0, 0.1) is 5.92 Å². The molecule has 0 aliphatic heterocycles. The van der Waals surface area contributed by atoms with E-state index in [1.807, 2.05) is 0 Å². The van der Waals surface area contributed by atoms with Crippen molar-refractivity contribution >= 4 is 12.1 Å². The first-order valence-corrected chi connectivity index (χ1v) is 4.92. The SMILES string of the molecule is C=CCOC(=O)N[C@@H]1CCC[C@H]1C(=O)O. The van der Waals surface area contributed by atoms with Gasteiger partial charge in [0.15, 0.2) is 0 Å². The van der Waals surface area contributed by atoms with Crippen LogP contribution in [0.5, 0.6) is 0 Å². The lowest BCUT2D eigenvalue weighted by Crippen LogP contribution is -2.40. The van der Waals surface area contributed by atoms with Gasteiger partial charge in [-0.2, -0.15) is 0 Å². The third kappa shape index (κ3) is 3.27. The van der Waals surface area contributed by atoms with Crippen molar-refractivity contribution in [3.63, 3.8) is 0 Å². The number of carboxylic acid groups (broad SMARTS) is 1. The molecule has 1 rings (SSSR count). The van der Waals surface area contributed by atoms with Crippen LogP contribution in [-0.4, -0.2) is 29.8 Å². The Kier molecular flexibility index (Phi) is 4.15. The van der Waals surface area contributed by atoms with Gasteiger partial charge in [0.1, 0.15) is 6.61 Å². The lowest BCUT2D eigenvalue weighted by Gasteiger charge is -2.16. The standard InChI is InChI=1S/C10H15NO4/c1-2-6-15-10(14)11-8-5-3-4-7(8)9(12)13/h2,7-8H,1,3-6H2,(H,11,14)(H,12,13)/t7-,8-/m1/s1. The smallest absolute Gasteiger partial charge is 0.407 e. The molecule has 1 saturated carbocycles. The first-order valence-electron chi connectivity index (χ1n) is 4.92. The average molecular weight is 213 g/mol. The number of aliphatic carboxylic acids is 1. The average Bonchev–Trinajstić information content (AvgIpc) is 2.62. The predicted octanol–water partition coefficient (Wildman–Crippen LogP) is 1.15. The van der Waals surface area contributed by atoms with E-state index in [2.05, 4.69) is 11.9 Å². The number of ether oxygens (including phenoxy) is 1. The number of carbonyl (C=O) groups is 2. The van der Waals surface area contributed by atoms with E-state index in [-0.39, 0.29) is 12.6 Å². The second-order valence-electron chi connectivity index (χ2n) is 3.51. The fourth-order valence-corrected chi connectivity index (χ4v) is 1.76. The minimum atomic E-state index is -0.860. The summed E-state index contributed by atoms with van der Waals surface area (Å²) in [4.78, 5) is 22.0. The van der Waals surface area contributed by atoms with Crippen molar-refractivity contribution in [2.24, 2.45) is 5.92 Å². The van der Waals surface area contributed by atoms with Gasteiger partial charge >= 0.3 is 12.1 Å². The number of nitrogens with one attached hydrogen (secondary N) is 1. The maximum atomic E-state index is 11.2. The largest absolute Gasteiger partial charge is 0.481 e. The molecule has 5 heteroatoms. The molecule has 0 aromatic carbocycles. The number of amides is 1. The van der Waals surface area contributed by atoms with Crippen LogP contribution in [0.2, 0.25) is 0 Å². The van der Waals surface area contributed by atoms with Crippen molar-refractivity contribution < 1.29 is 19.4 Å². The van der Waals surface area contributed by atoms with E-state index in [1.165, 1.54) is 6.08 Å². The van der Waals surface area contributed by atoms with Crippen molar-refractivity contribution in [3.05, 3.63) is 12.7 Å². The van der Waals surface area contributed by atoms with Crippen molar-refractivity contribution in [1.29, 1.82) is 0 Å². The third-order valence-corrected chi connectivity index (χ3v) is 2.47. The molecule has 1 aliphatic rings. The molecule has 15 heavy (non-hydrogen) atoms. The summed E-state index contributed by atoms with van der Waals surface area (Å²) >= 11 is 0. The highest BCUT2D eigenvalue weighted by atomic mass is 16.5. The van der Waals surface area contributed by atoms with Crippen molar-refractivity contribution in [2.75, 3.05) is 6.61 Å². The summed E-state index contributed by atoms with van der Waals surface area (Å²) in [5.41, 5.74) is 0. The Bertz CT molecular complexity index is 264. The van der Waals surface area contributed by atoms with Crippen molar-refractivity contribution in [3.8, 4) is 0 Å². The molecule has 84 valence electrons. The molecular formula is C10H15NO4. The highest BCUT2D eigenvalue weighted by Gasteiger charge is 2.34. The van der Waals surface area contributed by atoms with Crippen LogP contribution in [0.25, 0.3) is 0 Å². The van der Waals surface area contributed by atoms with Crippen LogP contribution in [0.1, 0.15) is 19.3 Å². The molecule has 0 unspecified atom stereocenters. The van der Waals surface area contributed by atoms with E-state index >= 15 is 0 Å². The molecule has 0 aromatic rings. The normalized spacial score (nSPS) is 24.5. The Morgan fingerprint density at radius 2 is 2.27 bits per heavy atom. The van der Waals surface area contributed by atoms with Crippen molar-refractivity contribution in [1.82, 2.24) is 5.32 Å². The highest BCUT2D eigenvalue weighted by Crippen LogP contribution is 2.25. The zero-order chi connectivity index (χ0) is 11.3. The monoisotopic (exact) mass is 213 g/mol. The van der Waals surface area contributed by atoms with Gasteiger partial charge < -0.3 is 15.2 Å². The maximum Gasteiger partial charge on any atom is 0.407 e. The summed E-state index contributed by atoms with van der Waals surface area (Å²) < 4.78 is 4.72. The zero-order valence-electron chi connectivity index (χ0n) is 8.44. The molecule has 0 saturated heterocycles. The molecule has 0 spiro atoms. The molecule has 5 nitrogen and oxygen atoms in total. The van der Waals surface area contributed by atoms with Crippen LogP contribution in [-0.2, 0) is 9.53 Å². The van der Waals surface area contributed by atoms with E-state index in [0.717, 1.165) is 6.42 Å². The lowest BCUT2D eigenvalue weighted by molar-refractivity contribution is -0.142. The molecule has 1 aliphatic carbocycles. The van der Waals surface area contributed by atoms with Gasteiger partial charge in [0.2, 0.25) is 0 Å². The van der Waals surface area contributed by atoms with Gasteiger partial charge in [0.25, 0.3) is 0 Å². The van der Waals surface area contributed by atoms with Crippen LogP contribution < -0.4 is 5.32 Å². The van der Waals surface area contributed by atoms with Crippen LogP contribution in [0.3, 0.4) is 0 Å². The summed E-state index contributed by atoms with van der Waals surface area (Å²) in [6.07, 6.45) is 3.02. The molecule has 2 atom stereocenters. The Hall–Kier alpha value is -1.52. The van der Waals surface area contributed by atoms with Gasteiger partial charge in [0.05, 0.1) is 5.92 Å². The Morgan fingerprint density at radius 1 is 1.53 bits per heavy atom. The molecule has 0 radical (unpaired) electrons. The summed E-state index contributed by atoms with van der Waals surface area (Å²) in [5.74, 6) is -1.34. The number of hydrogen-bond acceptors (Lipinski definition) is 3. The number of rotatable bonds is 4. The fraction of sp³-hybridized carbons (Fsp3) is 0.600. The molecule has 1 fully saturated rings. The van der Waals surface area contributed by atoms with E-state index in [0.29, 0.717) is 12.8 Å². The van der Waals surface area contributed by atoms with Gasteiger partial charge in [0, 0.05) is 6.04 Å². The quantitative estimate of drug-likeness (QED) is 0.687. The van der Waals surface area contributed by atoms with Crippen LogP contribution >= 0.6 is 0 Å². The number of carboxylic acids is 1. The molecule has 1 amide bonds. The second kappa shape index (κ2) is 5.38. The summed E-state index contributed by atoms with van der Waals surface area (Å²) in [6.45, 7) is 3.54. The van der Waals surface area contributed by atoms with Gasteiger partial charge in [-0.1, -0.05) is 19.1 Å². The first-order chi connectivity index (χ1) is 7.15.